The van der Waals surface area contributed by atoms with Crippen molar-refractivity contribution >= 4 is 50.2 Å². The van der Waals surface area contributed by atoms with Crippen LogP contribution in [-0.4, -0.2) is 78.4 Å². The fourth-order valence-electron chi connectivity index (χ4n) is 5.11. The Morgan fingerprint density at radius 2 is 2.07 bits per heavy atom. The number of hydrogen-bond acceptors (Lipinski definition) is 14. The van der Waals surface area contributed by atoms with Crippen LogP contribution in [0.1, 0.15) is 25.1 Å². The summed E-state index contributed by atoms with van der Waals surface area (Å²) in [7, 11) is -3.24. The van der Waals surface area contributed by atoms with Crippen LogP contribution in [0.15, 0.2) is 47.1 Å². The summed E-state index contributed by atoms with van der Waals surface area (Å²) in [5.41, 5.74) is 12.9. The number of anilines is 2. The summed E-state index contributed by atoms with van der Waals surface area (Å²) in [4.78, 5) is 35.4. The molecule has 1 fully saturated rings. The Balaban J connectivity index is 1.23. The molecular formula is C28H34N8O8S2. The number of nitrogens with two attached hydrogens (primary N) is 2. The number of ether oxygens (including phenoxy) is 1. The maximum Gasteiger partial charge on any atom is 0.276 e. The third-order valence-corrected chi connectivity index (χ3v) is 8.54. The normalized spacial score (nSPS) is 19.1. The van der Waals surface area contributed by atoms with Gasteiger partial charge in [0.2, 0.25) is 10.4 Å². The lowest BCUT2D eigenvalue weighted by atomic mass is 9.84. The summed E-state index contributed by atoms with van der Waals surface area (Å²) in [5, 5.41) is 11.9. The van der Waals surface area contributed by atoms with Crippen LogP contribution in [0, 0.1) is 5.92 Å². The number of amides is 2. The number of thiazole rings is 1. The van der Waals surface area contributed by atoms with E-state index in [0.717, 1.165) is 39.6 Å². The number of pyridine rings is 1. The van der Waals surface area contributed by atoms with E-state index in [4.69, 9.17) is 21.0 Å². The van der Waals surface area contributed by atoms with Crippen LogP contribution in [0.25, 0.3) is 11.1 Å². The summed E-state index contributed by atoms with van der Waals surface area (Å²) in [6, 6.07) is 8.87. The lowest BCUT2D eigenvalue weighted by Gasteiger charge is -2.51. The van der Waals surface area contributed by atoms with E-state index in [1.807, 2.05) is 48.1 Å². The molecule has 46 heavy (non-hydrogen) atoms. The number of rotatable bonds is 12. The number of aromatic nitrogens is 2. The molecule has 2 aromatic heterocycles. The van der Waals surface area contributed by atoms with Crippen molar-refractivity contribution in [1.82, 2.24) is 15.4 Å². The molecule has 4 heterocycles. The van der Waals surface area contributed by atoms with Gasteiger partial charge in [0.15, 0.2) is 10.8 Å². The summed E-state index contributed by atoms with van der Waals surface area (Å²) in [5.74, 6) is -0.0932. The molecule has 5 rings (SSSR count). The second kappa shape index (κ2) is 13.2. The zero-order chi connectivity index (χ0) is 33.2. The summed E-state index contributed by atoms with van der Waals surface area (Å²) < 4.78 is 45.3. The highest BCUT2D eigenvalue weighted by atomic mass is 32.3. The number of hydrogen-bond donors (Lipinski definition) is 4. The van der Waals surface area contributed by atoms with Gasteiger partial charge in [-0.25, -0.2) is 18.0 Å². The fraction of sp³-hybridized carbons (Fsp3) is 0.393. The molecule has 0 spiro atoms. The molecule has 2 aliphatic heterocycles. The lowest BCUT2D eigenvalue weighted by Crippen LogP contribution is -2.76. The molecule has 0 bridgehead atoms. The third-order valence-electron chi connectivity index (χ3n) is 7.53. The SMILES string of the molecule is C[n+]1cc(-c2ccc3c(c2)OC[C@H](CO/N=C(\C(=O)N[C@@H]2C(=O)N(OS(=O)(=O)[O-])C2(C)C)c2csc(N)n2)C3)ccc1NCCN. The van der Waals surface area contributed by atoms with Crippen molar-refractivity contribution in [3.8, 4) is 16.9 Å². The predicted molar refractivity (Wildman–Crippen MR) is 166 cm³/mol. The molecule has 16 nitrogen and oxygen atoms in total. The van der Waals surface area contributed by atoms with Gasteiger partial charge in [-0.1, -0.05) is 17.3 Å². The molecule has 1 aromatic carbocycles. The number of oxime groups is 1. The largest absolute Gasteiger partial charge is 0.724 e. The molecule has 2 aliphatic rings. The molecule has 246 valence electrons. The number of hydroxylamine groups is 2. The first-order valence-corrected chi connectivity index (χ1v) is 16.4. The van der Waals surface area contributed by atoms with E-state index in [2.05, 4.69) is 25.1 Å². The van der Waals surface area contributed by atoms with Crippen molar-refractivity contribution in [3.05, 3.63) is 53.2 Å². The van der Waals surface area contributed by atoms with Gasteiger partial charge in [-0.05, 0) is 43.5 Å². The van der Waals surface area contributed by atoms with Crippen LogP contribution in [0.2, 0.25) is 0 Å². The molecule has 0 unspecified atom stereocenters. The smallest absolute Gasteiger partial charge is 0.276 e. The maximum absolute atomic E-state index is 13.2. The molecule has 0 aliphatic carbocycles. The molecular weight excluding hydrogens is 640 g/mol. The number of nitrogens with zero attached hydrogens (tertiary/aromatic N) is 4. The predicted octanol–water partition coefficient (Wildman–Crippen LogP) is 0.0568. The average molecular weight is 675 g/mol. The Morgan fingerprint density at radius 3 is 2.72 bits per heavy atom. The summed E-state index contributed by atoms with van der Waals surface area (Å²) in [6.45, 7) is 4.52. The van der Waals surface area contributed by atoms with E-state index in [-0.39, 0.29) is 29.1 Å². The number of fused-ring (bicyclic) bond motifs is 1. The van der Waals surface area contributed by atoms with Gasteiger partial charge < -0.3 is 30.9 Å². The number of β-lactam (4-membered cyclic amide) rings is 1. The van der Waals surface area contributed by atoms with E-state index in [0.29, 0.717) is 31.2 Å². The molecule has 2 amide bonds. The second-order valence-electron chi connectivity index (χ2n) is 11.3. The minimum absolute atomic E-state index is 0.0792. The molecule has 2 atom stereocenters. The zero-order valence-electron chi connectivity index (χ0n) is 25.3. The number of benzene rings is 1. The minimum atomic E-state index is -5.20. The van der Waals surface area contributed by atoms with E-state index in [9.17, 15) is 22.6 Å². The second-order valence-corrected chi connectivity index (χ2v) is 13.2. The number of nitrogen functional groups attached to an aromatic ring is 1. The van der Waals surface area contributed by atoms with Crippen molar-refractivity contribution < 1.29 is 41.0 Å². The van der Waals surface area contributed by atoms with E-state index >= 15 is 0 Å². The zero-order valence-corrected chi connectivity index (χ0v) is 26.9. The number of carbonyl (C=O) groups excluding carboxylic acids is 2. The fourth-order valence-corrected chi connectivity index (χ4v) is 6.10. The Bertz CT molecular complexity index is 1780. The van der Waals surface area contributed by atoms with Crippen molar-refractivity contribution in [3.63, 3.8) is 0 Å². The Labute approximate surface area is 269 Å². The topological polar surface area (TPSA) is 228 Å². The van der Waals surface area contributed by atoms with Crippen molar-refractivity contribution in [2.45, 2.75) is 31.8 Å². The first-order chi connectivity index (χ1) is 21.8. The van der Waals surface area contributed by atoms with Gasteiger partial charge in [0.1, 0.15) is 24.1 Å². The van der Waals surface area contributed by atoms with Crippen molar-refractivity contribution in [2.24, 2.45) is 23.9 Å². The van der Waals surface area contributed by atoms with E-state index in [1.165, 1.54) is 19.2 Å². The number of nitrogens with one attached hydrogen (secondary N) is 2. The summed E-state index contributed by atoms with van der Waals surface area (Å²) in [6.07, 6.45) is 2.68. The molecule has 6 N–H and O–H groups in total. The molecule has 0 radical (unpaired) electrons. The first kappa shape index (κ1) is 33.0. The highest BCUT2D eigenvalue weighted by molar-refractivity contribution is 7.80. The average Bonchev–Trinajstić information content (AvgIpc) is 3.44. The van der Waals surface area contributed by atoms with Gasteiger partial charge in [0, 0.05) is 29.5 Å². The Kier molecular flexibility index (Phi) is 9.45. The quantitative estimate of drug-likeness (QED) is 0.0499. The molecule has 0 saturated carbocycles. The maximum atomic E-state index is 13.2. The van der Waals surface area contributed by atoms with E-state index in [1.54, 1.807) is 0 Å². The van der Waals surface area contributed by atoms with Gasteiger partial charge in [0.05, 0.1) is 31.9 Å². The highest BCUT2D eigenvalue weighted by Crippen LogP contribution is 2.34. The number of carbonyl (C=O) groups is 2. The van der Waals surface area contributed by atoms with Crippen LogP contribution in [0.5, 0.6) is 5.75 Å². The van der Waals surface area contributed by atoms with Crippen LogP contribution in [0.4, 0.5) is 10.9 Å². The van der Waals surface area contributed by atoms with Gasteiger partial charge >= 0.3 is 0 Å². The van der Waals surface area contributed by atoms with Crippen LogP contribution >= 0.6 is 11.3 Å². The van der Waals surface area contributed by atoms with Crippen LogP contribution in [0.3, 0.4) is 0 Å². The van der Waals surface area contributed by atoms with Gasteiger partial charge in [-0.2, -0.15) is 9.35 Å². The van der Waals surface area contributed by atoms with Gasteiger partial charge in [-0.3, -0.25) is 14.9 Å². The lowest BCUT2D eigenvalue weighted by molar-refractivity contribution is -0.656. The monoisotopic (exact) mass is 674 g/mol. The van der Waals surface area contributed by atoms with Crippen molar-refractivity contribution in [1.29, 1.82) is 0 Å². The highest BCUT2D eigenvalue weighted by Gasteiger charge is 2.57. The molecule has 3 aromatic rings. The number of aryl methyl sites for hydroxylation is 1. The van der Waals surface area contributed by atoms with E-state index < -0.39 is 33.8 Å². The Morgan fingerprint density at radius 1 is 1.30 bits per heavy atom. The summed E-state index contributed by atoms with van der Waals surface area (Å²) >= 11 is 1.08. The van der Waals surface area contributed by atoms with Crippen LogP contribution in [-0.2, 0) is 42.6 Å². The Hall–Kier alpha value is -4.36. The van der Waals surface area contributed by atoms with Gasteiger partial charge in [0.25, 0.3) is 17.6 Å². The van der Waals surface area contributed by atoms with Crippen molar-refractivity contribution in [2.75, 3.05) is 37.4 Å². The first-order valence-electron chi connectivity index (χ1n) is 14.2. The molecule has 18 heteroatoms. The third kappa shape index (κ3) is 7.20. The molecule has 1 saturated heterocycles. The minimum Gasteiger partial charge on any atom is -0.724 e. The van der Waals surface area contributed by atoms with Crippen LogP contribution < -0.4 is 31.4 Å². The van der Waals surface area contributed by atoms with Gasteiger partial charge in [-0.15, -0.1) is 11.3 Å². The standard InChI is InChI=1S/C28H34N8O8S2/c1-28(2)24(26(38)36(28)44-46(39,40)41)33-25(37)23(20-15-45-27(30)32-20)34-43-14-16-10-18-5-4-17(11-21(18)42-13-16)19-6-7-22(31-9-8-29)35(3)12-19/h4-7,11-12,15-16,24H,8-10,13-14,29H2,1-3H3,(H4,30,32,33,37,39,40,41)/b34-23-/t16-,24-/m1/s1.